The molecular weight excluding hydrogens is 146 g/mol. The van der Waals surface area contributed by atoms with Gasteiger partial charge in [-0.1, -0.05) is 26.1 Å². The summed E-state index contributed by atoms with van der Waals surface area (Å²) in [5.41, 5.74) is 4.80. The fraction of sp³-hybridized carbons (Fsp3) is 0.714. The van der Waals surface area contributed by atoms with Crippen molar-refractivity contribution in [2.24, 2.45) is 11.1 Å². The Bertz CT molecular complexity index is 163. The van der Waals surface area contributed by atoms with Crippen LogP contribution in [-0.2, 0) is 4.79 Å². The molecule has 0 spiro atoms. The molecule has 0 aliphatic heterocycles. The summed E-state index contributed by atoms with van der Waals surface area (Å²) < 4.78 is 0. The van der Waals surface area contributed by atoms with E-state index in [2.05, 4.69) is 0 Å². The molecule has 0 aromatic heterocycles. The average molecular weight is 159 g/mol. The third-order valence-electron chi connectivity index (χ3n) is 1.57. The van der Waals surface area contributed by atoms with Crippen LogP contribution in [0.1, 0.15) is 27.2 Å². The van der Waals surface area contributed by atoms with Gasteiger partial charge in [-0.25, -0.2) is 0 Å². The number of nitrogens with two attached hydrogens (primary N) is 1. The Morgan fingerprint density at radius 3 is 2.10 bits per heavy atom. The van der Waals surface area contributed by atoms with Gasteiger partial charge >= 0.3 is 0 Å². The topological polar surface area (TPSA) is 43.1 Å². The molecule has 1 amide bonds. The van der Waals surface area contributed by atoms with Crippen LogP contribution in [0.2, 0.25) is 0 Å². The summed E-state index contributed by atoms with van der Waals surface area (Å²) in [6.07, 6.45) is 0.336. The zero-order valence-corrected chi connectivity index (χ0v) is 7.42. The highest BCUT2D eigenvalue weighted by atomic mass is 32.1. The Morgan fingerprint density at radius 1 is 1.60 bits per heavy atom. The molecule has 0 fully saturated rings. The maximum absolute atomic E-state index is 10.5. The summed E-state index contributed by atoms with van der Waals surface area (Å²) in [4.78, 5) is 11.3. The third-order valence-corrected chi connectivity index (χ3v) is 2.12. The van der Waals surface area contributed by atoms with E-state index in [0.717, 1.165) is 4.86 Å². The van der Waals surface area contributed by atoms with Crippen LogP contribution in [0.4, 0.5) is 0 Å². The Labute approximate surface area is 66.8 Å². The molecule has 0 saturated heterocycles. The van der Waals surface area contributed by atoms with Gasteiger partial charge in [0, 0.05) is 11.8 Å². The predicted molar refractivity (Wildman–Crippen MR) is 45.9 cm³/mol. The smallest absolute Gasteiger partial charge is 0.218 e. The molecule has 0 unspecified atom stereocenters. The van der Waals surface area contributed by atoms with Crippen LogP contribution >= 0.6 is 12.2 Å². The van der Waals surface area contributed by atoms with Crippen molar-refractivity contribution in [3.8, 4) is 0 Å². The molecule has 10 heavy (non-hydrogen) atoms. The number of amides is 1. The SMILES string of the molecule is CC(=S)C(C)(C)CC(N)=O. The van der Waals surface area contributed by atoms with E-state index in [-0.39, 0.29) is 11.3 Å². The minimum Gasteiger partial charge on any atom is -0.370 e. The van der Waals surface area contributed by atoms with Crippen LogP contribution in [0, 0.1) is 5.41 Å². The molecule has 58 valence electrons. The van der Waals surface area contributed by atoms with E-state index in [0.29, 0.717) is 6.42 Å². The van der Waals surface area contributed by atoms with Gasteiger partial charge in [0.2, 0.25) is 5.91 Å². The van der Waals surface area contributed by atoms with Crippen molar-refractivity contribution in [2.45, 2.75) is 27.2 Å². The minimum absolute atomic E-state index is 0.221. The lowest BCUT2D eigenvalue weighted by Crippen LogP contribution is -2.27. The number of carbonyl (C=O) groups excluding carboxylic acids is 1. The normalized spacial score (nSPS) is 11.1. The van der Waals surface area contributed by atoms with Crippen LogP contribution in [0.15, 0.2) is 0 Å². The van der Waals surface area contributed by atoms with Crippen LogP contribution in [0.3, 0.4) is 0 Å². The summed E-state index contributed by atoms with van der Waals surface area (Å²) in [7, 11) is 0. The van der Waals surface area contributed by atoms with E-state index >= 15 is 0 Å². The number of hydrogen-bond donors (Lipinski definition) is 1. The maximum atomic E-state index is 10.5. The molecule has 0 rings (SSSR count). The van der Waals surface area contributed by atoms with E-state index in [9.17, 15) is 4.79 Å². The summed E-state index contributed by atoms with van der Waals surface area (Å²) >= 11 is 4.94. The van der Waals surface area contributed by atoms with Gasteiger partial charge in [0.25, 0.3) is 0 Å². The van der Waals surface area contributed by atoms with Crippen molar-refractivity contribution in [1.29, 1.82) is 0 Å². The molecular formula is C7H13NOS. The molecule has 0 bridgehead atoms. The van der Waals surface area contributed by atoms with E-state index in [1.165, 1.54) is 0 Å². The Kier molecular flexibility index (Phi) is 2.96. The summed E-state index contributed by atoms with van der Waals surface area (Å²) in [6.45, 7) is 5.67. The first-order valence-corrected chi connectivity index (χ1v) is 3.56. The largest absolute Gasteiger partial charge is 0.370 e. The highest BCUT2D eigenvalue weighted by Gasteiger charge is 2.22. The first-order chi connectivity index (χ1) is 4.36. The summed E-state index contributed by atoms with van der Waals surface area (Å²) in [5, 5.41) is 0. The third kappa shape index (κ3) is 2.92. The van der Waals surface area contributed by atoms with Crippen LogP contribution in [0.25, 0.3) is 0 Å². The highest BCUT2D eigenvalue weighted by Crippen LogP contribution is 2.21. The molecule has 3 heteroatoms. The lowest BCUT2D eigenvalue weighted by atomic mass is 9.86. The predicted octanol–water partition coefficient (Wildman–Crippen LogP) is 1.28. The van der Waals surface area contributed by atoms with Gasteiger partial charge in [0.05, 0.1) is 0 Å². The van der Waals surface area contributed by atoms with Gasteiger partial charge in [-0.3, -0.25) is 4.79 Å². The van der Waals surface area contributed by atoms with Crippen molar-refractivity contribution in [3.05, 3.63) is 0 Å². The van der Waals surface area contributed by atoms with Gasteiger partial charge in [0.1, 0.15) is 0 Å². The lowest BCUT2D eigenvalue weighted by Gasteiger charge is -2.20. The Morgan fingerprint density at radius 2 is 2.00 bits per heavy atom. The Hall–Kier alpha value is -0.440. The maximum Gasteiger partial charge on any atom is 0.218 e. The molecule has 0 aliphatic rings. The van der Waals surface area contributed by atoms with Crippen molar-refractivity contribution in [3.63, 3.8) is 0 Å². The molecule has 0 saturated carbocycles. The quantitative estimate of drug-likeness (QED) is 0.630. The molecule has 2 N–H and O–H groups in total. The fourth-order valence-electron chi connectivity index (χ4n) is 0.560. The van der Waals surface area contributed by atoms with Gasteiger partial charge in [-0.2, -0.15) is 0 Å². The minimum atomic E-state index is -0.297. The second-order valence-corrected chi connectivity index (χ2v) is 3.70. The van der Waals surface area contributed by atoms with Crippen LogP contribution < -0.4 is 5.73 Å². The van der Waals surface area contributed by atoms with Crippen LogP contribution in [-0.4, -0.2) is 10.8 Å². The second kappa shape index (κ2) is 3.10. The van der Waals surface area contributed by atoms with E-state index < -0.39 is 0 Å². The molecule has 0 aliphatic carbocycles. The van der Waals surface area contributed by atoms with Crippen LogP contribution in [0.5, 0.6) is 0 Å². The number of rotatable bonds is 3. The number of carbonyl (C=O) groups is 1. The van der Waals surface area contributed by atoms with Gasteiger partial charge in [-0.05, 0) is 11.8 Å². The lowest BCUT2D eigenvalue weighted by molar-refractivity contribution is -0.119. The van der Waals surface area contributed by atoms with Crippen molar-refractivity contribution in [1.82, 2.24) is 0 Å². The average Bonchev–Trinajstić information content (AvgIpc) is 1.60. The number of hydrogen-bond acceptors (Lipinski definition) is 2. The van der Waals surface area contributed by atoms with Gasteiger partial charge in [-0.15, -0.1) is 0 Å². The van der Waals surface area contributed by atoms with E-state index in [4.69, 9.17) is 18.0 Å². The molecule has 0 atom stereocenters. The van der Waals surface area contributed by atoms with Crippen molar-refractivity contribution >= 4 is 23.0 Å². The standard InChI is InChI=1S/C7H13NOS/c1-5(10)7(2,3)4-6(8)9/h4H2,1-3H3,(H2,8,9). The summed E-state index contributed by atoms with van der Waals surface area (Å²) in [6, 6.07) is 0. The molecule has 0 heterocycles. The molecule has 0 aromatic carbocycles. The van der Waals surface area contributed by atoms with Crippen molar-refractivity contribution < 1.29 is 4.79 Å². The van der Waals surface area contributed by atoms with E-state index in [1.807, 2.05) is 20.8 Å². The first-order valence-electron chi connectivity index (χ1n) is 3.15. The zero-order valence-electron chi connectivity index (χ0n) is 6.60. The van der Waals surface area contributed by atoms with Gasteiger partial charge in [0.15, 0.2) is 0 Å². The first kappa shape index (κ1) is 9.56. The molecule has 2 nitrogen and oxygen atoms in total. The molecule has 0 radical (unpaired) electrons. The monoisotopic (exact) mass is 159 g/mol. The van der Waals surface area contributed by atoms with Gasteiger partial charge < -0.3 is 5.73 Å². The van der Waals surface area contributed by atoms with Crippen molar-refractivity contribution in [2.75, 3.05) is 0 Å². The zero-order chi connectivity index (χ0) is 8.36. The fourth-order valence-corrected chi connectivity index (χ4v) is 0.632. The van der Waals surface area contributed by atoms with E-state index in [1.54, 1.807) is 0 Å². The summed E-state index contributed by atoms with van der Waals surface area (Å²) in [5.74, 6) is -0.297. The second-order valence-electron chi connectivity index (χ2n) is 3.08. The number of primary amides is 1. The Balaban J connectivity index is 4.13. The molecule has 0 aromatic rings. The highest BCUT2D eigenvalue weighted by molar-refractivity contribution is 7.80. The number of thiocarbonyl (C=S) groups is 1.